The van der Waals surface area contributed by atoms with Crippen molar-refractivity contribution in [3.8, 4) is 0 Å². The Bertz CT molecular complexity index is 209. The normalized spacial score (nSPS) is 31.5. The highest BCUT2D eigenvalue weighted by Crippen LogP contribution is 2.35. The van der Waals surface area contributed by atoms with Crippen LogP contribution in [0.15, 0.2) is 0 Å². The van der Waals surface area contributed by atoms with E-state index in [1.165, 1.54) is 45.1 Å². The van der Waals surface area contributed by atoms with Crippen LogP contribution in [-0.2, 0) is 4.74 Å². The van der Waals surface area contributed by atoms with Crippen LogP contribution in [0.25, 0.3) is 0 Å². The van der Waals surface area contributed by atoms with Gasteiger partial charge in [0.05, 0.1) is 0 Å². The van der Waals surface area contributed by atoms with Crippen molar-refractivity contribution in [1.82, 2.24) is 5.32 Å². The van der Waals surface area contributed by atoms with Gasteiger partial charge >= 0.3 is 0 Å². The Morgan fingerprint density at radius 2 is 1.88 bits per heavy atom. The van der Waals surface area contributed by atoms with Gasteiger partial charge in [-0.05, 0) is 43.6 Å². The van der Waals surface area contributed by atoms with Crippen LogP contribution in [0, 0.1) is 11.3 Å². The molecule has 94 valence electrons. The summed E-state index contributed by atoms with van der Waals surface area (Å²) >= 11 is 0. The van der Waals surface area contributed by atoms with Crippen LogP contribution >= 0.6 is 0 Å². The van der Waals surface area contributed by atoms with Crippen LogP contribution < -0.4 is 5.32 Å². The van der Waals surface area contributed by atoms with Gasteiger partial charge in [-0.15, -0.1) is 0 Å². The Morgan fingerprint density at radius 1 is 1.12 bits per heavy atom. The van der Waals surface area contributed by atoms with Gasteiger partial charge in [0, 0.05) is 19.3 Å². The lowest BCUT2D eigenvalue weighted by molar-refractivity contribution is 0.0615. The molecule has 1 atom stereocenters. The predicted octanol–water partition coefficient (Wildman–Crippen LogP) is 2.97. The second-order valence-electron chi connectivity index (χ2n) is 6.25. The van der Waals surface area contributed by atoms with Crippen LogP contribution in [0.4, 0.5) is 0 Å². The molecule has 2 heteroatoms. The van der Waals surface area contributed by atoms with Crippen molar-refractivity contribution in [3.05, 3.63) is 0 Å². The maximum absolute atomic E-state index is 5.40. The van der Waals surface area contributed by atoms with Crippen LogP contribution in [0.5, 0.6) is 0 Å². The van der Waals surface area contributed by atoms with Gasteiger partial charge in [0.15, 0.2) is 0 Å². The fourth-order valence-corrected chi connectivity index (χ4v) is 3.13. The van der Waals surface area contributed by atoms with Crippen molar-refractivity contribution in [3.63, 3.8) is 0 Å². The van der Waals surface area contributed by atoms with E-state index in [2.05, 4.69) is 19.2 Å². The van der Waals surface area contributed by atoms with E-state index in [1.54, 1.807) is 0 Å². The Kier molecular flexibility index (Phi) is 4.26. The van der Waals surface area contributed by atoms with E-state index in [9.17, 15) is 0 Å². The first-order valence-corrected chi connectivity index (χ1v) is 6.99. The molecule has 0 aromatic carbocycles. The van der Waals surface area contributed by atoms with Crippen molar-refractivity contribution >= 4 is 0 Å². The molecule has 1 saturated carbocycles. The summed E-state index contributed by atoms with van der Waals surface area (Å²) in [6, 6.07) is 0.740. The number of nitrogens with one attached hydrogen (secondary N) is 1. The van der Waals surface area contributed by atoms with E-state index in [0.29, 0.717) is 5.41 Å². The molecule has 1 unspecified atom stereocenters. The highest BCUT2D eigenvalue weighted by Gasteiger charge is 2.32. The molecule has 1 saturated heterocycles. The van der Waals surface area contributed by atoms with Crippen LogP contribution in [-0.4, -0.2) is 25.8 Å². The minimum atomic E-state index is 0.503. The van der Waals surface area contributed by atoms with E-state index < -0.39 is 0 Å². The topological polar surface area (TPSA) is 21.3 Å². The Morgan fingerprint density at radius 3 is 2.56 bits per heavy atom. The van der Waals surface area contributed by atoms with Gasteiger partial charge in [-0.2, -0.15) is 0 Å². The predicted molar refractivity (Wildman–Crippen MR) is 67.6 cm³/mol. The Hall–Kier alpha value is -0.0800. The van der Waals surface area contributed by atoms with E-state index in [1.807, 2.05) is 0 Å². The standard InChI is InChI=1S/C14H27NO/c1-14(2)8-4-3-5-13(14)15-11-12-6-9-16-10-7-12/h12-13,15H,3-11H2,1-2H3. The Balaban J connectivity index is 1.75. The second-order valence-corrected chi connectivity index (χ2v) is 6.25. The lowest BCUT2D eigenvalue weighted by atomic mass is 9.73. The molecule has 0 amide bonds. The molecule has 0 spiro atoms. The molecular weight excluding hydrogens is 198 g/mol. The van der Waals surface area contributed by atoms with E-state index >= 15 is 0 Å². The van der Waals surface area contributed by atoms with Crippen molar-refractivity contribution in [2.45, 2.75) is 58.4 Å². The number of ether oxygens (including phenoxy) is 1. The maximum Gasteiger partial charge on any atom is 0.0469 e. The summed E-state index contributed by atoms with van der Waals surface area (Å²) < 4.78 is 5.40. The van der Waals surface area contributed by atoms with Crippen molar-refractivity contribution in [2.24, 2.45) is 11.3 Å². The molecule has 16 heavy (non-hydrogen) atoms. The fourth-order valence-electron chi connectivity index (χ4n) is 3.13. The summed E-state index contributed by atoms with van der Waals surface area (Å²) in [4.78, 5) is 0. The van der Waals surface area contributed by atoms with Crippen LogP contribution in [0.1, 0.15) is 52.4 Å². The van der Waals surface area contributed by atoms with Crippen LogP contribution in [0.3, 0.4) is 0 Å². The second kappa shape index (κ2) is 5.50. The van der Waals surface area contributed by atoms with Gasteiger partial charge in [-0.3, -0.25) is 0 Å². The lowest BCUT2D eigenvalue weighted by Gasteiger charge is -2.40. The van der Waals surface area contributed by atoms with Gasteiger partial charge in [-0.1, -0.05) is 26.7 Å². The first-order chi connectivity index (χ1) is 7.68. The van der Waals surface area contributed by atoms with Crippen molar-refractivity contribution in [1.29, 1.82) is 0 Å². The zero-order valence-corrected chi connectivity index (χ0v) is 10.9. The molecule has 0 radical (unpaired) electrons. The molecule has 1 aliphatic heterocycles. The maximum atomic E-state index is 5.40. The largest absolute Gasteiger partial charge is 0.381 e. The minimum absolute atomic E-state index is 0.503. The van der Waals surface area contributed by atoms with E-state index in [-0.39, 0.29) is 0 Å². The van der Waals surface area contributed by atoms with Gasteiger partial charge in [0.25, 0.3) is 0 Å². The van der Waals surface area contributed by atoms with Crippen molar-refractivity contribution < 1.29 is 4.74 Å². The SMILES string of the molecule is CC1(C)CCCCC1NCC1CCOCC1. The third kappa shape index (κ3) is 3.21. The summed E-state index contributed by atoms with van der Waals surface area (Å²) in [5, 5.41) is 3.83. The summed E-state index contributed by atoms with van der Waals surface area (Å²) in [7, 11) is 0. The molecule has 2 aliphatic rings. The number of hydrogen-bond donors (Lipinski definition) is 1. The smallest absolute Gasteiger partial charge is 0.0469 e. The summed E-state index contributed by atoms with van der Waals surface area (Å²) in [6.45, 7) is 8.00. The number of rotatable bonds is 3. The summed E-state index contributed by atoms with van der Waals surface area (Å²) in [6.07, 6.45) is 8.09. The third-order valence-electron chi connectivity index (χ3n) is 4.50. The quantitative estimate of drug-likeness (QED) is 0.797. The highest BCUT2D eigenvalue weighted by molar-refractivity contribution is 4.88. The number of hydrogen-bond acceptors (Lipinski definition) is 2. The highest BCUT2D eigenvalue weighted by atomic mass is 16.5. The molecular formula is C14H27NO. The zero-order valence-electron chi connectivity index (χ0n) is 10.9. The average molecular weight is 225 g/mol. The summed E-state index contributed by atoms with van der Waals surface area (Å²) in [5.74, 6) is 0.853. The first-order valence-electron chi connectivity index (χ1n) is 6.99. The fraction of sp³-hybridized carbons (Fsp3) is 1.00. The van der Waals surface area contributed by atoms with E-state index in [0.717, 1.165) is 25.2 Å². The molecule has 0 aromatic rings. The molecule has 0 aromatic heterocycles. The molecule has 1 heterocycles. The first kappa shape index (κ1) is 12.4. The van der Waals surface area contributed by atoms with Gasteiger partial charge in [0.2, 0.25) is 0 Å². The van der Waals surface area contributed by atoms with E-state index in [4.69, 9.17) is 4.74 Å². The monoisotopic (exact) mass is 225 g/mol. The molecule has 2 fully saturated rings. The molecule has 0 bridgehead atoms. The average Bonchev–Trinajstić information content (AvgIpc) is 2.28. The molecule has 2 rings (SSSR count). The van der Waals surface area contributed by atoms with Crippen molar-refractivity contribution in [2.75, 3.05) is 19.8 Å². The molecule has 2 nitrogen and oxygen atoms in total. The molecule has 1 aliphatic carbocycles. The van der Waals surface area contributed by atoms with Gasteiger partial charge in [-0.25, -0.2) is 0 Å². The minimum Gasteiger partial charge on any atom is -0.381 e. The molecule has 1 N–H and O–H groups in total. The van der Waals surface area contributed by atoms with Crippen LogP contribution in [0.2, 0.25) is 0 Å². The third-order valence-corrected chi connectivity index (χ3v) is 4.50. The van der Waals surface area contributed by atoms with Gasteiger partial charge in [0.1, 0.15) is 0 Å². The zero-order chi connectivity index (χ0) is 11.4. The lowest BCUT2D eigenvalue weighted by Crippen LogP contribution is -2.46. The summed E-state index contributed by atoms with van der Waals surface area (Å²) in [5.41, 5.74) is 0.503. The Labute approximate surface area is 100 Å². The van der Waals surface area contributed by atoms with Gasteiger partial charge < -0.3 is 10.1 Å².